The highest BCUT2D eigenvalue weighted by Gasteiger charge is 2.44. The molecule has 0 fully saturated rings. The quantitative estimate of drug-likeness (QED) is 0.476. The monoisotopic (exact) mass is 613 g/mol. The number of ether oxygens (including phenoxy) is 2. The maximum atomic E-state index is 13.4. The van der Waals surface area contributed by atoms with Crippen LogP contribution in [0, 0.1) is 11.3 Å². The van der Waals surface area contributed by atoms with Crippen LogP contribution in [0.2, 0.25) is 0 Å². The van der Waals surface area contributed by atoms with Gasteiger partial charge in [-0.05, 0) is 49.6 Å². The van der Waals surface area contributed by atoms with E-state index < -0.39 is 35.3 Å². The number of carbonyl (C=O) groups excluding carboxylic acids is 2. The molecule has 0 bridgehead atoms. The van der Waals surface area contributed by atoms with Gasteiger partial charge in [0.2, 0.25) is 0 Å². The summed E-state index contributed by atoms with van der Waals surface area (Å²) < 4.78 is 49.6. The highest BCUT2D eigenvalue weighted by molar-refractivity contribution is 9.11. The van der Waals surface area contributed by atoms with E-state index in [9.17, 15) is 28.0 Å². The van der Waals surface area contributed by atoms with Crippen molar-refractivity contribution in [2.24, 2.45) is 5.73 Å². The number of benzene rings is 2. The van der Waals surface area contributed by atoms with E-state index >= 15 is 0 Å². The minimum atomic E-state index is -4.67. The Morgan fingerprint density at radius 3 is 2.06 bits per heavy atom. The number of anilines is 1. The van der Waals surface area contributed by atoms with Crippen LogP contribution in [0.3, 0.4) is 0 Å². The molecule has 35 heavy (non-hydrogen) atoms. The van der Waals surface area contributed by atoms with Crippen LogP contribution in [-0.2, 0) is 25.2 Å². The van der Waals surface area contributed by atoms with Crippen molar-refractivity contribution in [2.45, 2.75) is 12.1 Å². The van der Waals surface area contributed by atoms with Crippen molar-refractivity contribution in [2.75, 3.05) is 19.1 Å². The first-order valence-electron chi connectivity index (χ1n) is 9.69. The molecule has 1 aliphatic heterocycles. The van der Waals surface area contributed by atoms with Gasteiger partial charge in [0.1, 0.15) is 11.5 Å². The fraction of sp³-hybridized carbons (Fsp3) is 0.174. The Balaban J connectivity index is 2.46. The van der Waals surface area contributed by atoms with E-state index in [1.54, 1.807) is 30.3 Å². The first kappa shape index (κ1) is 26.3. The van der Waals surface area contributed by atoms with Crippen LogP contribution >= 0.6 is 31.9 Å². The second kappa shape index (κ2) is 10.1. The molecule has 1 heterocycles. The predicted octanol–water partition coefficient (Wildman–Crippen LogP) is 5.13. The molecule has 0 spiro atoms. The van der Waals surface area contributed by atoms with Gasteiger partial charge < -0.3 is 15.2 Å². The molecule has 0 radical (unpaired) electrons. The molecule has 0 saturated carbocycles. The lowest BCUT2D eigenvalue weighted by Crippen LogP contribution is -2.41. The summed E-state index contributed by atoms with van der Waals surface area (Å²) >= 11 is 6.21. The fourth-order valence-corrected chi connectivity index (χ4v) is 5.23. The van der Waals surface area contributed by atoms with Gasteiger partial charge in [0.15, 0.2) is 0 Å². The lowest BCUT2D eigenvalue weighted by molar-refractivity contribution is -0.139. The summed E-state index contributed by atoms with van der Waals surface area (Å²) in [5.41, 5.74) is 4.98. The number of nitriles is 1. The molecule has 2 aromatic rings. The van der Waals surface area contributed by atoms with Gasteiger partial charge >= 0.3 is 18.1 Å². The van der Waals surface area contributed by atoms with E-state index in [1.165, 1.54) is 0 Å². The normalized spacial score (nSPS) is 16.2. The highest BCUT2D eigenvalue weighted by atomic mass is 79.9. The third kappa shape index (κ3) is 4.78. The number of hydrogen-bond acceptors (Lipinski definition) is 7. The number of halogens is 5. The number of esters is 2. The first-order valence-corrected chi connectivity index (χ1v) is 11.3. The maximum Gasteiger partial charge on any atom is 0.416 e. The first-order chi connectivity index (χ1) is 16.5. The van der Waals surface area contributed by atoms with Crippen molar-refractivity contribution in [3.05, 3.63) is 85.2 Å². The lowest BCUT2D eigenvalue weighted by atomic mass is 9.81. The smallest absolute Gasteiger partial charge is 0.416 e. The number of carbonyl (C=O) groups is 2. The van der Waals surface area contributed by atoms with Crippen molar-refractivity contribution in [1.82, 2.24) is 0 Å². The van der Waals surface area contributed by atoms with Crippen LogP contribution in [0.15, 0.2) is 74.1 Å². The molecule has 1 unspecified atom stereocenters. The summed E-state index contributed by atoms with van der Waals surface area (Å²) in [7, 11) is 2.16. The summed E-state index contributed by atoms with van der Waals surface area (Å²) in [6.07, 6.45) is -4.67. The zero-order valence-corrected chi connectivity index (χ0v) is 21.3. The molecule has 12 heteroatoms. The average Bonchev–Trinajstić information content (AvgIpc) is 2.82. The summed E-state index contributed by atoms with van der Waals surface area (Å²) in [5.74, 6) is -3.37. The van der Waals surface area contributed by atoms with Gasteiger partial charge in [0, 0.05) is 8.95 Å². The van der Waals surface area contributed by atoms with Gasteiger partial charge in [0.05, 0.1) is 48.6 Å². The van der Waals surface area contributed by atoms with E-state index in [4.69, 9.17) is 15.2 Å². The topological polar surface area (TPSA) is 106 Å². The Kier molecular flexibility index (Phi) is 7.62. The Hall–Kier alpha value is -3.30. The van der Waals surface area contributed by atoms with Crippen LogP contribution < -0.4 is 10.6 Å². The van der Waals surface area contributed by atoms with Gasteiger partial charge in [-0.1, -0.05) is 30.3 Å². The zero-order valence-electron chi connectivity index (χ0n) is 18.1. The SMILES string of the molecule is COC(=O)C1=C(C(=O)OC)N(c2c(Br)cc(C(F)(F)F)cc2Br)C(N)=C(C#N)C1c1ccccc1. The van der Waals surface area contributed by atoms with E-state index in [-0.39, 0.29) is 31.6 Å². The third-order valence-electron chi connectivity index (χ3n) is 5.18. The van der Waals surface area contributed by atoms with Gasteiger partial charge in [-0.2, -0.15) is 18.4 Å². The summed E-state index contributed by atoms with van der Waals surface area (Å²) in [4.78, 5) is 27.1. The number of rotatable bonds is 4. The van der Waals surface area contributed by atoms with Crippen molar-refractivity contribution >= 4 is 49.5 Å². The molecule has 2 N–H and O–H groups in total. The molecular weight excluding hydrogens is 599 g/mol. The second-order valence-corrected chi connectivity index (χ2v) is 8.83. The molecular formula is C23H16Br2F3N3O4. The maximum absolute atomic E-state index is 13.4. The van der Waals surface area contributed by atoms with Gasteiger partial charge in [-0.25, -0.2) is 9.59 Å². The Bertz CT molecular complexity index is 1280. The van der Waals surface area contributed by atoms with Crippen LogP contribution in [0.25, 0.3) is 0 Å². The largest absolute Gasteiger partial charge is 0.466 e. The van der Waals surface area contributed by atoms with Crippen molar-refractivity contribution in [1.29, 1.82) is 5.26 Å². The lowest BCUT2D eigenvalue weighted by Gasteiger charge is -2.36. The number of alkyl halides is 3. The molecule has 1 aliphatic rings. The van der Waals surface area contributed by atoms with Crippen LogP contribution in [-0.4, -0.2) is 26.2 Å². The van der Waals surface area contributed by atoms with Crippen LogP contribution in [0.5, 0.6) is 0 Å². The van der Waals surface area contributed by atoms with Crippen molar-refractivity contribution in [3.8, 4) is 6.07 Å². The minimum absolute atomic E-state index is 0.0587. The molecule has 182 valence electrons. The molecule has 0 aliphatic carbocycles. The highest BCUT2D eigenvalue weighted by Crippen LogP contribution is 2.48. The fourth-order valence-electron chi connectivity index (χ4n) is 3.69. The minimum Gasteiger partial charge on any atom is -0.466 e. The Labute approximate surface area is 214 Å². The summed E-state index contributed by atoms with van der Waals surface area (Å²) in [5, 5.41) is 10.0. The van der Waals surface area contributed by atoms with Crippen LogP contribution in [0.1, 0.15) is 17.0 Å². The molecule has 0 amide bonds. The summed E-state index contributed by atoms with van der Waals surface area (Å²) in [6.45, 7) is 0. The standard InChI is InChI=1S/C23H16Br2F3N3O4/c1-34-21(32)17-16(11-6-4-3-5-7-11)13(10-29)20(30)31(19(17)22(33)35-2)18-14(24)8-12(9-15(18)25)23(26,27)28/h3-9,16H,30H2,1-2H3. The number of nitrogens with two attached hydrogens (primary N) is 1. The zero-order chi connectivity index (χ0) is 26.1. The van der Waals surface area contributed by atoms with Crippen molar-refractivity contribution in [3.63, 3.8) is 0 Å². The molecule has 3 rings (SSSR count). The molecule has 2 aromatic carbocycles. The van der Waals surface area contributed by atoms with Gasteiger partial charge in [-0.15, -0.1) is 0 Å². The predicted molar refractivity (Wildman–Crippen MR) is 126 cm³/mol. The van der Waals surface area contributed by atoms with Gasteiger partial charge in [-0.3, -0.25) is 4.90 Å². The van der Waals surface area contributed by atoms with Crippen LogP contribution in [0.4, 0.5) is 18.9 Å². The number of methoxy groups -OCH3 is 2. The molecule has 1 atom stereocenters. The average molecular weight is 615 g/mol. The number of nitrogens with zero attached hydrogens (tertiary/aromatic N) is 2. The van der Waals surface area contributed by atoms with Gasteiger partial charge in [0.25, 0.3) is 0 Å². The van der Waals surface area contributed by atoms with E-state index in [0.717, 1.165) is 31.3 Å². The third-order valence-corrected chi connectivity index (χ3v) is 6.39. The molecule has 0 aromatic heterocycles. The molecule has 0 saturated heterocycles. The van der Waals surface area contributed by atoms with E-state index in [2.05, 4.69) is 31.9 Å². The number of hydrogen-bond donors (Lipinski definition) is 1. The Morgan fingerprint density at radius 2 is 1.60 bits per heavy atom. The van der Waals surface area contributed by atoms with Crippen molar-refractivity contribution < 1.29 is 32.2 Å². The van der Waals surface area contributed by atoms with E-state index in [1.807, 2.05) is 6.07 Å². The summed E-state index contributed by atoms with van der Waals surface area (Å²) in [6, 6.07) is 11.9. The second-order valence-electron chi connectivity index (χ2n) is 7.12. The molecule has 7 nitrogen and oxygen atoms in total. The number of allylic oxidation sites excluding steroid dienone is 1. The van der Waals surface area contributed by atoms with E-state index in [0.29, 0.717) is 5.56 Å². The Morgan fingerprint density at radius 1 is 1.06 bits per heavy atom.